The minimum absolute atomic E-state index is 0. The molecule has 0 aliphatic rings. The molecule has 0 bridgehead atoms. The Labute approximate surface area is 218 Å². The van der Waals surface area contributed by atoms with E-state index in [9.17, 15) is 0 Å². The zero-order valence-electron chi connectivity index (χ0n) is 19.8. The van der Waals surface area contributed by atoms with Gasteiger partial charge in [0.2, 0.25) is 0 Å². The Morgan fingerprint density at radius 2 is 1.21 bits per heavy atom. The van der Waals surface area contributed by atoms with Crippen LogP contribution >= 0.6 is 35.7 Å². The number of methoxy groups -OCH3 is 2. The van der Waals surface area contributed by atoms with Crippen LogP contribution < -0.4 is 14.4 Å². The SMILES string of the molecule is COc1ccc(CN(Cc2ccc(OC)cc2)C(=Nc2ccc(N(C)C)cc2)SC)cc1.I. The van der Waals surface area contributed by atoms with Crippen LogP contribution in [0.25, 0.3) is 0 Å². The maximum atomic E-state index is 5.31. The van der Waals surface area contributed by atoms with E-state index in [1.165, 1.54) is 11.1 Å². The van der Waals surface area contributed by atoms with E-state index >= 15 is 0 Å². The lowest BCUT2D eigenvalue weighted by molar-refractivity contribution is 0.405. The van der Waals surface area contributed by atoms with Crippen molar-refractivity contribution >= 4 is 52.3 Å². The van der Waals surface area contributed by atoms with Gasteiger partial charge in [0.05, 0.1) is 19.9 Å². The van der Waals surface area contributed by atoms with Crippen molar-refractivity contribution in [3.63, 3.8) is 0 Å². The number of thioether (sulfide) groups is 1. The fourth-order valence-electron chi connectivity index (χ4n) is 3.28. The predicted molar refractivity (Wildman–Crippen MR) is 152 cm³/mol. The second kappa shape index (κ2) is 13.3. The molecule has 0 saturated carbocycles. The van der Waals surface area contributed by atoms with Crippen molar-refractivity contribution in [2.75, 3.05) is 39.5 Å². The molecule has 0 N–H and O–H groups in total. The molecule has 0 saturated heterocycles. The Morgan fingerprint density at radius 1 is 0.758 bits per heavy atom. The molecule has 0 amide bonds. The first-order chi connectivity index (χ1) is 15.5. The fourth-order valence-corrected chi connectivity index (χ4v) is 3.86. The van der Waals surface area contributed by atoms with Crippen molar-refractivity contribution in [1.29, 1.82) is 0 Å². The maximum absolute atomic E-state index is 5.31. The fraction of sp³-hybridized carbons (Fsp3) is 0.269. The number of hydrogen-bond acceptors (Lipinski definition) is 5. The van der Waals surface area contributed by atoms with Crippen LogP contribution in [0, 0.1) is 0 Å². The zero-order valence-corrected chi connectivity index (χ0v) is 23.0. The van der Waals surface area contributed by atoms with Crippen LogP contribution in [0.2, 0.25) is 0 Å². The standard InChI is InChI=1S/C26H31N3O2S.HI/c1-28(2)23-12-10-22(11-13-23)27-26(32-5)29(18-20-6-14-24(30-3)15-7-20)19-21-8-16-25(31-4)17-9-21;/h6-17H,18-19H2,1-5H3;1H. The monoisotopic (exact) mass is 577 g/mol. The van der Waals surface area contributed by atoms with Crippen molar-refractivity contribution < 1.29 is 9.47 Å². The Morgan fingerprint density at radius 3 is 1.58 bits per heavy atom. The van der Waals surface area contributed by atoms with Gasteiger partial charge >= 0.3 is 0 Å². The molecule has 0 heterocycles. The van der Waals surface area contributed by atoms with Crippen LogP contribution in [0.5, 0.6) is 11.5 Å². The van der Waals surface area contributed by atoms with E-state index in [0.29, 0.717) is 0 Å². The van der Waals surface area contributed by atoms with Crippen molar-refractivity contribution in [2.45, 2.75) is 13.1 Å². The molecule has 3 aromatic carbocycles. The number of anilines is 1. The highest BCUT2D eigenvalue weighted by Crippen LogP contribution is 2.24. The summed E-state index contributed by atoms with van der Waals surface area (Å²) in [6.07, 6.45) is 2.07. The van der Waals surface area contributed by atoms with Gasteiger partial charge in [-0.25, -0.2) is 4.99 Å². The highest BCUT2D eigenvalue weighted by Gasteiger charge is 2.13. The van der Waals surface area contributed by atoms with Gasteiger partial charge in [0.1, 0.15) is 11.5 Å². The summed E-state index contributed by atoms with van der Waals surface area (Å²) in [6.45, 7) is 1.48. The van der Waals surface area contributed by atoms with Gasteiger partial charge in [-0.3, -0.25) is 0 Å². The number of hydrogen-bond donors (Lipinski definition) is 0. The summed E-state index contributed by atoms with van der Waals surface area (Å²) in [5, 5.41) is 0.967. The van der Waals surface area contributed by atoms with Crippen LogP contribution in [0.3, 0.4) is 0 Å². The van der Waals surface area contributed by atoms with E-state index in [1.807, 2.05) is 38.4 Å². The third-order valence-electron chi connectivity index (χ3n) is 5.11. The van der Waals surface area contributed by atoms with Crippen LogP contribution in [-0.2, 0) is 13.1 Å². The first-order valence-corrected chi connectivity index (χ1v) is 11.7. The topological polar surface area (TPSA) is 37.3 Å². The number of benzene rings is 3. The molecule has 3 rings (SSSR count). The van der Waals surface area contributed by atoms with Gasteiger partial charge in [0.15, 0.2) is 5.17 Å². The van der Waals surface area contributed by atoms with E-state index < -0.39 is 0 Å². The number of amidine groups is 1. The van der Waals surface area contributed by atoms with Crippen molar-refractivity contribution in [1.82, 2.24) is 4.90 Å². The summed E-state index contributed by atoms with van der Waals surface area (Å²) in [6, 6.07) is 24.7. The lowest BCUT2D eigenvalue weighted by Gasteiger charge is -2.26. The number of aliphatic imine (C=N–C) groups is 1. The van der Waals surface area contributed by atoms with Crippen molar-refractivity contribution in [3.05, 3.63) is 83.9 Å². The van der Waals surface area contributed by atoms with E-state index in [4.69, 9.17) is 14.5 Å². The third kappa shape index (κ3) is 7.85. The summed E-state index contributed by atoms with van der Waals surface area (Å²) in [7, 11) is 7.45. The summed E-state index contributed by atoms with van der Waals surface area (Å²) < 4.78 is 10.6. The normalized spacial score (nSPS) is 10.9. The molecule has 0 aromatic heterocycles. The molecule has 5 nitrogen and oxygen atoms in total. The lowest BCUT2D eigenvalue weighted by atomic mass is 10.1. The smallest absolute Gasteiger partial charge is 0.164 e. The highest BCUT2D eigenvalue weighted by atomic mass is 127. The van der Waals surface area contributed by atoms with Gasteiger partial charge in [0, 0.05) is 32.9 Å². The van der Waals surface area contributed by atoms with Crippen LogP contribution in [0.15, 0.2) is 77.8 Å². The minimum atomic E-state index is 0. The molecule has 0 aliphatic carbocycles. The quantitative estimate of drug-likeness (QED) is 0.175. The molecule has 3 aromatic rings. The Kier molecular flexibility index (Phi) is 10.9. The number of halogens is 1. The van der Waals surface area contributed by atoms with E-state index in [1.54, 1.807) is 26.0 Å². The molecule has 0 aliphatic heterocycles. The lowest BCUT2D eigenvalue weighted by Crippen LogP contribution is -2.27. The Balaban J connectivity index is 0.00000385. The summed E-state index contributed by atoms with van der Waals surface area (Å²) >= 11 is 1.65. The van der Waals surface area contributed by atoms with Gasteiger partial charge in [-0.15, -0.1) is 24.0 Å². The Bertz CT molecular complexity index is 958. The summed E-state index contributed by atoms with van der Waals surface area (Å²) in [4.78, 5) is 9.36. The molecule has 0 spiro atoms. The maximum Gasteiger partial charge on any atom is 0.164 e. The van der Waals surface area contributed by atoms with Gasteiger partial charge < -0.3 is 19.3 Å². The molecule has 0 unspecified atom stereocenters. The Hall–Kier alpha value is -2.39. The molecule has 176 valence electrons. The second-order valence-corrected chi connectivity index (χ2v) is 8.33. The zero-order chi connectivity index (χ0) is 22.9. The van der Waals surface area contributed by atoms with E-state index in [0.717, 1.165) is 41.1 Å². The van der Waals surface area contributed by atoms with Crippen LogP contribution in [0.4, 0.5) is 11.4 Å². The van der Waals surface area contributed by atoms with Crippen LogP contribution in [0.1, 0.15) is 11.1 Å². The van der Waals surface area contributed by atoms with Crippen molar-refractivity contribution in [3.8, 4) is 11.5 Å². The molecular weight excluding hydrogens is 545 g/mol. The van der Waals surface area contributed by atoms with Gasteiger partial charge in [-0.05, 0) is 65.9 Å². The average molecular weight is 578 g/mol. The predicted octanol–water partition coefficient (Wildman–Crippen LogP) is 6.44. The molecule has 0 radical (unpaired) electrons. The third-order valence-corrected chi connectivity index (χ3v) is 5.82. The molecule has 0 fully saturated rings. The van der Waals surface area contributed by atoms with Gasteiger partial charge in [0.25, 0.3) is 0 Å². The molecule has 0 atom stereocenters. The minimum Gasteiger partial charge on any atom is -0.497 e. The summed E-state index contributed by atoms with van der Waals surface area (Å²) in [5.41, 5.74) is 4.49. The number of ether oxygens (including phenoxy) is 2. The van der Waals surface area contributed by atoms with Crippen LogP contribution in [-0.4, -0.2) is 44.6 Å². The average Bonchev–Trinajstić information content (AvgIpc) is 2.83. The van der Waals surface area contributed by atoms with E-state index in [2.05, 4.69) is 64.6 Å². The first kappa shape index (κ1) is 26.9. The van der Waals surface area contributed by atoms with Crippen molar-refractivity contribution in [2.24, 2.45) is 4.99 Å². The first-order valence-electron chi connectivity index (χ1n) is 10.4. The summed E-state index contributed by atoms with van der Waals surface area (Å²) in [5.74, 6) is 1.71. The molecular formula is C26H32IN3O2S. The molecule has 7 heteroatoms. The van der Waals surface area contributed by atoms with Gasteiger partial charge in [-0.1, -0.05) is 36.0 Å². The largest absolute Gasteiger partial charge is 0.497 e. The van der Waals surface area contributed by atoms with Gasteiger partial charge in [-0.2, -0.15) is 0 Å². The molecule has 33 heavy (non-hydrogen) atoms. The van der Waals surface area contributed by atoms with E-state index in [-0.39, 0.29) is 24.0 Å². The number of nitrogens with zero attached hydrogens (tertiary/aromatic N) is 3. The second-order valence-electron chi connectivity index (χ2n) is 7.56. The highest BCUT2D eigenvalue weighted by molar-refractivity contribution is 14.0. The number of rotatable bonds is 8.